The molecule has 0 saturated heterocycles. The van der Waals surface area contributed by atoms with Gasteiger partial charge in [-0.05, 0) is 55.7 Å². The summed E-state index contributed by atoms with van der Waals surface area (Å²) in [5.41, 5.74) is 4.37. The van der Waals surface area contributed by atoms with Crippen LogP contribution >= 0.6 is 0 Å². The van der Waals surface area contributed by atoms with Gasteiger partial charge in [-0.15, -0.1) is 0 Å². The first-order valence-electron chi connectivity index (χ1n) is 9.44. The van der Waals surface area contributed by atoms with E-state index in [0.717, 1.165) is 27.8 Å². The van der Waals surface area contributed by atoms with Crippen LogP contribution in [0.1, 0.15) is 17.0 Å². The maximum absolute atomic E-state index is 14.3. The number of benzene rings is 2. The van der Waals surface area contributed by atoms with Crippen molar-refractivity contribution in [2.45, 2.75) is 20.3 Å². The van der Waals surface area contributed by atoms with Gasteiger partial charge in [-0.2, -0.15) is 0 Å². The fourth-order valence-electron chi connectivity index (χ4n) is 3.35. The SMILES string of the molecule is COc1cccc(CCNc2cc(-c3ccc4occ(C)c4c3)nc(C)n2)c1F. The van der Waals surface area contributed by atoms with Crippen molar-refractivity contribution in [3.05, 3.63) is 71.5 Å². The summed E-state index contributed by atoms with van der Waals surface area (Å²) in [7, 11) is 1.47. The minimum atomic E-state index is -0.319. The molecule has 0 spiro atoms. The van der Waals surface area contributed by atoms with Gasteiger partial charge in [0, 0.05) is 23.6 Å². The van der Waals surface area contributed by atoms with Crippen LogP contribution in [0.15, 0.2) is 53.1 Å². The van der Waals surface area contributed by atoms with Crippen LogP contribution < -0.4 is 10.1 Å². The molecule has 0 saturated carbocycles. The third-order valence-electron chi connectivity index (χ3n) is 4.86. The first-order chi connectivity index (χ1) is 14.0. The number of rotatable bonds is 6. The molecule has 2 heterocycles. The number of furan rings is 1. The van der Waals surface area contributed by atoms with Crippen molar-refractivity contribution >= 4 is 16.8 Å². The van der Waals surface area contributed by atoms with E-state index < -0.39 is 0 Å². The number of aryl methyl sites for hydroxylation is 2. The van der Waals surface area contributed by atoms with Gasteiger partial charge in [0.2, 0.25) is 0 Å². The third-order valence-corrected chi connectivity index (χ3v) is 4.86. The van der Waals surface area contributed by atoms with E-state index in [1.165, 1.54) is 7.11 Å². The Morgan fingerprint density at radius 2 is 1.97 bits per heavy atom. The van der Waals surface area contributed by atoms with Crippen LogP contribution in [0.5, 0.6) is 5.75 Å². The molecular formula is C23H22FN3O2. The normalized spacial score (nSPS) is 11.0. The number of fused-ring (bicyclic) bond motifs is 1. The topological polar surface area (TPSA) is 60.2 Å². The van der Waals surface area contributed by atoms with Crippen LogP contribution in [-0.2, 0) is 6.42 Å². The molecule has 0 bridgehead atoms. The highest BCUT2D eigenvalue weighted by atomic mass is 19.1. The van der Waals surface area contributed by atoms with Crippen molar-refractivity contribution in [3.8, 4) is 17.0 Å². The van der Waals surface area contributed by atoms with Gasteiger partial charge in [0.05, 0.1) is 19.1 Å². The quantitative estimate of drug-likeness (QED) is 0.483. The molecule has 148 valence electrons. The van der Waals surface area contributed by atoms with Crippen molar-refractivity contribution in [1.82, 2.24) is 9.97 Å². The van der Waals surface area contributed by atoms with Gasteiger partial charge in [0.1, 0.15) is 17.2 Å². The van der Waals surface area contributed by atoms with E-state index in [4.69, 9.17) is 9.15 Å². The predicted molar refractivity (Wildman–Crippen MR) is 112 cm³/mol. The maximum Gasteiger partial charge on any atom is 0.168 e. The Morgan fingerprint density at radius 3 is 2.79 bits per heavy atom. The molecule has 1 N–H and O–H groups in total. The van der Waals surface area contributed by atoms with Crippen molar-refractivity contribution < 1.29 is 13.5 Å². The third kappa shape index (κ3) is 3.92. The van der Waals surface area contributed by atoms with E-state index in [0.29, 0.717) is 30.2 Å². The molecule has 2 aromatic heterocycles. The number of hydrogen-bond acceptors (Lipinski definition) is 5. The lowest BCUT2D eigenvalue weighted by Gasteiger charge is -2.10. The van der Waals surface area contributed by atoms with E-state index in [2.05, 4.69) is 21.4 Å². The highest BCUT2D eigenvalue weighted by Gasteiger charge is 2.10. The van der Waals surface area contributed by atoms with Gasteiger partial charge in [-0.25, -0.2) is 14.4 Å². The van der Waals surface area contributed by atoms with Crippen LogP contribution in [0.4, 0.5) is 10.2 Å². The van der Waals surface area contributed by atoms with Crippen LogP contribution in [-0.4, -0.2) is 23.6 Å². The smallest absolute Gasteiger partial charge is 0.168 e. The fourth-order valence-corrected chi connectivity index (χ4v) is 3.35. The molecule has 4 rings (SSSR count). The Kier molecular flexibility index (Phi) is 5.16. The average Bonchev–Trinajstić information content (AvgIpc) is 3.09. The van der Waals surface area contributed by atoms with E-state index >= 15 is 0 Å². The van der Waals surface area contributed by atoms with E-state index in [1.807, 2.05) is 32.0 Å². The Bertz CT molecular complexity index is 1170. The molecule has 0 aliphatic rings. The summed E-state index contributed by atoms with van der Waals surface area (Å²) in [5, 5.41) is 4.35. The first-order valence-corrected chi connectivity index (χ1v) is 9.44. The first kappa shape index (κ1) is 18.9. The molecule has 0 aliphatic heterocycles. The Morgan fingerprint density at radius 1 is 1.10 bits per heavy atom. The molecule has 6 heteroatoms. The average molecular weight is 391 g/mol. The zero-order chi connectivity index (χ0) is 20.4. The van der Waals surface area contributed by atoms with Crippen LogP contribution in [0.25, 0.3) is 22.2 Å². The van der Waals surface area contributed by atoms with Crippen molar-refractivity contribution in [1.29, 1.82) is 0 Å². The standard InChI is InChI=1S/C23H22FN3O2/c1-14-13-29-20-8-7-17(11-18(14)20)19-12-22(27-15(2)26-19)25-10-9-16-5-4-6-21(28-3)23(16)24/h4-8,11-13H,9-10H2,1-3H3,(H,25,26,27). The molecule has 4 aromatic rings. The lowest BCUT2D eigenvalue weighted by molar-refractivity contribution is 0.384. The number of halogens is 1. The number of methoxy groups -OCH3 is 1. The number of nitrogens with zero attached hydrogens (tertiary/aromatic N) is 2. The molecule has 0 aliphatic carbocycles. The summed E-state index contributed by atoms with van der Waals surface area (Å²) in [6, 6.07) is 13.1. The Labute approximate surface area is 168 Å². The molecule has 2 aromatic carbocycles. The lowest BCUT2D eigenvalue weighted by atomic mass is 10.1. The van der Waals surface area contributed by atoms with Crippen molar-refractivity contribution in [2.75, 3.05) is 19.0 Å². The minimum Gasteiger partial charge on any atom is -0.494 e. The summed E-state index contributed by atoms with van der Waals surface area (Å²) in [5.74, 6) is 1.31. The maximum atomic E-state index is 14.3. The summed E-state index contributed by atoms with van der Waals surface area (Å²) in [4.78, 5) is 9.03. The zero-order valence-electron chi connectivity index (χ0n) is 16.6. The Hall–Kier alpha value is -3.41. The molecule has 0 unspecified atom stereocenters. The molecule has 0 fully saturated rings. The second kappa shape index (κ2) is 7.91. The number of anilines is 1. The van der Waals surface area contributed by atoms with Crippen LogP contribution in [0, 0.1) is 19.7 Å². The monoisotopic (exact) mass is 391 g/mol. The van der Waals surface area contributed by atoms with Gasteiger partial charge in [0.25, 0.3) is 0 Å². The van der Waals surface area contributed by atoms with Crippen LogP contribution in [0.3, 0.4) is 0 Å². The van der Waals surface area contributed by atoms with Crippen molar-refractivity contribution in [3.63, 3.8) is 0 Å². The zero-order valence-corrected chi connectivity index (χ0v) is 16.6. The van der Waals surface area contributed by atoms with E-state index in [-0.39, 0.29) is 11.6 Å². The second-order valence-corrected chi connectivity index (χ2v) is 6.93. The number of ether oxygens (including phenoxy) is 1. The summed E-state index contributed by atoms with van der Waals surface area (Å²) < 4.78 is 24.9. The number of nitrogens with one attached hydrogen (secondary N) is 1. The van der Waals surface area contributed by atoms with Gasteiger partial charge in [-0.1, -0.05) is 12.1 Å². The lowest BCUT2D eigenvalue weighted by Crippen LogP contribution is -2.09. The van der Waals surface area contributed by atoms with Gasteiger partial charge < -0.3 is 14.5 Å². The molecule has 5 nitrogen and oxygen atoms in total. The highest BCUT2D eigenvalue weighted by Crippen LogP contribution is 2.27. The fraction of sp³-hybridized carbons (Fsp3) is 0.217. The van der Waals surface area contributed by atoms with Gasteiger partial charge in [0.15, 0.2) is 11.6 Å². The number of aromatic nitrogens is 2. The minimum absolute atomic E-state index is 0.257. The predicted octanol–water partition coefficient (Wildman–Crippen LogP) is 5.31. The molecule has 0 radical (unpaired) electrons. The summed E-state index contributed by atoms with van der Waals surface area (Å²) >= 11 is 0. The molecule has 29 heavy (non-hydrogen) atoms. The molecular weight excluding hydrogens is 369 g/mol. The van der Waals surface area contributed by atoms with E-state index in [9.17, 15) is 4.39 Å². The van der Waals surface area contributed by atoms with Gasteiger partial charge in [-0.3, -0.25) is 0 Å². The number of hydrogen-bond donors (Lipinski definition) is 1. The van der Waals surface area contributed by atoms with E-state index in [1.54, 1.807) is 24.5 Å². The van der Waals surface area contributed by atoms with Crippen LogP contribution in [0.2, 0.25) is 0 Å². The highest BCUT2D eigenvalue weighted by molar-refractivity contribution is 5.85. The Balaban J connectivity index is 1.53. The summed E-state index contributed by atoms with van der Waals surface area (Å²) in [6.07, 6.45) is 2.27. The van der Waals surface area contributed by atoms with Crippen molar-refractivity contribution in [2.24, 2.45) is 0 Å². The molecule has 0 atom stereocenters. The second-order valence-electron chi connectivity index (χ2n) is 6.93. The largest absolute Gasteiger partial charge is 0.494 e. The summed E-state index contributed by atoms with van der Waals surface area (Å²) in [6.45, 7) is 4.42. The van der Waals surface area contributed by atoms with Gasteiger partial charge >= 0.3 is 0 Å². The molecule has 0 amide bonds.